The van der Waals surface area contributed by atoms with Crippen LogP contribution in [0.15, 0.2) is 36.7 Å². The highest BCUT2D eigenvalue weighted by Crippen LogP contribution is 2.20. The fraction of sp³-hybridized carbons (Fsp3) is 0.333. The van der Waals surface area contributed by atoms with Crippen LogP contribution >= 0.6 is 0 Å². The van der Waals surface area contributed by atoms with Crippen LogP contribution in [0.4, 0.5) is 5.82 Å². The average Bonchev–Trinajstić information content (AvgIpc) is 2.48. The van der Waals surface area contributed by atoms with Gasteiger partial charge in [-0.1, -0.05) is 6.07 Å². The van der Waals surface area contributed by atoms with Gasteiger partial charge in [0.1, 0.15) is 23.9 Å². The van der Waals surface area contributed by atoms with Gasteiger partial charge in [-0.2, -0.15) is 0 Å². The van der Waals surface area contributed by atoms with Gasteiger partial charge in [0.15, 0.2) is 0 Å². The molecule has 2 aromatic rings. The van der Waals surface area contributed by atoms with E-state index >= 15 is 0 Å². The van der Waals surface area contributed by atoms with Crippen molar-refractivity contribution in [1.29, 1.82) is 0 Å². The number of ether oxygens (including phenoxy) is 2. The van der Waals surface area contributed by atoms with Gasteiger partial charge in [-0.3, -0.25) is 4.98 Å². The lowest BCUT2D eigenvalue weighted by Gasteiger charge is -2.08. The third-order valence-corrected chi connectivity index (χ3v) is 2.57. The lowest BCUT2D eigenvalue weighted by atomic mass is 10.3. The summed E-state index contributed by atoms with van der Waals surface area (Å²) in [4.78, 5) is 8.54. The Balaban J connectivity index is 1.92. The lowest BCUT2D eigenvalue weighted by Crippen LogP contribution is -2.03. The van der Waals surface area contributed by atoms with Crippen molar-refractivity contribution >= 4 is 5.82 Å². The number of rotatable bonds is 7. The smallest absolute Gasteiger partial charge is 0.144 e. The molecule has 0 amide bonds. The molecular weight excluding hydrogens is 254 g/mol. The van der Waals surface area contributed by atoms with E-state index in [9.17, 15) is 0 Å². The van der Waals surface area contributed by atoms with Crippen molar-refractivity contribution < 1.29 is 9.47 Å². The maximum absolute atomic E-state index is 5.68. The lowest BCUT2D eigenvalue weighted by molar-refractivity contribution is 0.295. The predicted octanol–water partition coefficient (Wildman–Crippen LogP) is 2.89. The van der Waals surface area contributed by atoms with Crippen LogP contribution in [0.2, 0.25) is 0 Å². The Hall–Kier alpha value is -2.30. The Bertz CT molecular complexity index is 529. The molecule has 0 unspecified atom stereocenters. The number of nitrogens with zero attached hydrogens (tertiary/aromatic N) is 2. The van der Waals surface area contributed by atoms with Crippen molar-refractivity contribution in [3.8, 4) is 11.5 Å². The molecule has 5 nitrogen and oxygen atoms in total. The van der Waals surface area contributed by atoms with Crippen molar-refractivity contribution in [1.82, 2.24) is 9.97 Å². The van der Waals surface area contributed by atoms with Gasteiger partial charge < -0.3 is 14.8 Å². The zero-order valence-corrected chi connectivity index (χ0v) is 11.8. The summed E-state index contributed by atoms with van der Waals surface area (Å²) >= 11 is 0. The highest BCUT2D eigenvalue weighted by atomic mass is 16.5. The summed E-state index contributed by atoms with van der Waals surface area (Å²) in [5.74, 6) is 2.33. The van der Waals surface area contributed by atoms with Crippen LogP contribution in [0, 0.1) is 0 Å². The van der Waals surface area contributed by atoms with Gasteiger partial charge in [-0.05, 0) is 26.0 Å². The van der Waals surface area contributed by atoms with Crippen LogP contribution in [-0.2, 0) is 6.61 Å². The second-order valence-corrected chi connectivity index (χ2v) is 4.12. The van der Waals surface area contributed by atoms with Crippen LogP contribution in [0.25, 0.3) is 0 Å². The average molecular weight is 273 g/mol. The highest BCUT2D eigenvalue weighted by Gasteiger charge is 2.00. The van der Waals surface area contributed by atoms with E-state index in [2.05, 4.69) is 15.3 Å². The van der Waals surface area contributed by atoms with Crippen LogP contribution in [-0.4, -0.2) is 23.1 Å². The summed E-state index contributed by atoms with van der Waals surface area (Å²) in [5.41, 5.74) is 0.786. The number of hydrogen-bond acceptors (Lipinski definition) is 5. The molecule has 0 aliphatic carbocycles. The number of aromatic nitrogens is 2. The molecule has 0 fully saturated rings. The Labute approximate surface area is 119 Å². The van der Waals surface area contributed by atoms with Crippen molar-refractivity contribution in [2.24, 2.45) is 0 Å². The van der Waals surface area contributed by atoms with Crippen molar-refractivity contribution in [3.05, 3.63) is 42.4 Å². The van der Waals surface area contributed by atoms with Gasteiger partial charge >= 0.3 is 0 Å². The van der Waals surface area contributed by atoms with E-state index in [0.29, 0.717) is 13.2 Å². The molecule has 0 atom stereocenters. The topological polar surface area (TPSA) is 56.3 Å². The van der Waals surface area contributed by atoms with Crippen molar-refractivity contribution in [2.75, 3.05) is 18.5 Å². The molecule has 1 heterocycles. The van der Waals surface area contributed by atoms with Crippen LogP contribution in [0.5, 0.6) is 11.5 Å². The number of hydrogen-bond donors (Lipinski definition) is 1. The summed E-state index contributed by atoms with van der Waals surface area (Å²) in [7, 11) is 0. The molecular formula is C15H19N3O2. The Morgan fingerprint density at radius 1 is 1.05 bits per heavy atom. The van der Waals surface area contributed by atoms with Gasteiger partial charge in [-0.15, -0.1) is 0 Å². The fourth-order valence-corrected chi connectivity index (χ4v) is 1.68. The third-order valence-electron chi connectivity index (χ3n) is 2.57. The Morgan fingerprint density at radius 2 is 1.85 bits per heavy atom. The summed E-state index contributed by atoms with van der Waals surface area (Å²) in [6.45, 7) is 5.82. The zero-order chi connectivity index (χ0) is 14.2. The molecule has 0 saturated carbocycles. The van der Waals surface area contributed by atoms with Gasteiger partial charge in [0.05, 0.1) is 24.7 Å². The van der Waals surface area contributed by atoms with Gasteiger partial charge in [0, 0.05) is 12.6 Å². The summed E-state index contributed by atoms with van der Waals surface area (Å²) in [5, 5.41) is 3.10. The largest absolute Gasteiger partial charge is 0.494 e. The SMILES string of the molecule is CCNc1cnc(COc2cccc(OCC)c2)cn1. The van der Waals surface area contributed by atoms with E-state index < -0.39 is 0 Å². The summed E-state index contributed by atoms with van der Waals surface area (Å²) in [6.07, 6.45) is 3.42. The Morgan fingerprint density at radius 3 is 2.50 bits per heavy atom. The van der Waals surface area contributed by atoms with Gasteiger partial charge in [0.2, 0.25) is 0 Å². The molecule has 0 radical (unpaired) electrons. The zero-order valence-electron chi connectivity index (χ0n) is 11.8. The first-order valence-electron chi connectivity index (χ1n) is 6.72. The second-order valence-electron chi connectivity index (χ2n) is 4.12. The predicted molar refractivity (Wildman–Crippen MR) is 78.1 cm³/mol. The van der Waals surface area contributed by atoms with Crippen molar-refractivity contribution in [2.45, 2.75) is 20.5 Å². The minimum absolute atomic E-state index is 0.384. The molecule has 0 spiro atoms. The summed E-state index contributed by atoms with van der Waals surface area (Å²) < 4.78 is 11.1. The minimum Gasteiger partial charge on any atom is -0.494 e. The second kappa shape index (κ2) is 7.33. The van der Waals surface area contributed by atoms with Gasteiger partial charge in [-0.25, -0.2) is 4.98 Å². The van der Waals surface area contributed by atoms with Gasteiger partial charge in [0.25, 0.3) is 0 Å². The fourth-order valence-electron chi connectivity index (χ4n) is 1.68. The first-order valence-corrected chi connectivity index (χ1v) is 6.72. The Kier molecular flexibility index (Phi) is 5.17. The van der Waals surface area contributed by atoms with E-state index in [-0.39, 0.29) is 0 Å². The molecule has 0 saturated heterocycles. The van der Waals surface area contributed by atoms with E-state index in [1.54, 1.807) is 12.4 Å². The first kappa shape index (κ1) is 14.1. The normalized spacial score (nSPS) is 10.1. The highest BCUT2D eigenvalue weighted by molar-refractivity contribution is 5.33. The molecule has 1 N–H and O–H groups in total. The van der Waals surface area contributed by atoms with Crippen LogP contribution < -0.4 is 14.8 Å². The quantitative estimate of drug-likeness (QED) is 0.840. The molecule has 1 aromatic carbocycles. The number of anilines is 1. The molecule has 5 heteroatoms. The van der Waals surface area contributed by atoms with E-state index in [1.807, 2.05) is 38.1 Å². The van der Waals surface area contributed by atoms with Crippen molar-refractivity contribution in [3.63, 3.8) is 0 Å². The maximum atomic E-state index is 5.68. The van der Waals surface area contributed by atoms with E-state index in [1.165, 1.54) is 0 Å². The standard InChI is InChI=1S/C15H19N3O2/c1-3-16-15-10-17-12(9-18-15)11-20-14-7-5-6-13(8-14)19-4-2/h5-10H,3-4,11H2,1-2H3,(H,16,18). The molecule has 0 aliphatic heterocycles. The molecule has 106 valence electrons. The van der Waals surface area contributed by atoms with E-state index in [0.717, 1.165) is 29.6 Å². The maximum Gasteiger partial charge on any atom is 0.144 e. The molecule has 0 bridgehead atoms. The summed E-state index contributed by atoms with van der Waals surface area (Å²) in [6, 6.07) is 7.56. The molecule has 0 aliphatic rings. The number of nitrogens with one attached hydrogen (secondary N) is 1. The van der Waals surface area contributed by atoms with Crippen LogP contribution in [0.3, 0.4) is 0 Å². The first-order chi connectivity index (χ1) is 9.81. The molecule has 2 rings (SSSR count). The third kappa shape index (κ3) is 4.12. The molecule has 1 aromatic heterocycles. The monoisotopic (exact) mass is 273 g/mol. The number of benzene rings is 1. The molecule has 20 heavy (non-hydrogen) atoms. The van der Waals surface area contributed by atoms with Crippen LogP contribution in [0.1, 0.15) is 19.5 Å². The minimum atomic E-state index is 0.384. The van der Waals surface area contributed by atoms with E-state index in [4.69, 9.17) is 9.47 Å².